The summed E-state index contributed by atoms with van der Waals surface area (Å²) in [5, 5.41) is 12.2. The van der Waals surface area contributed by atoms with Gasteiger partial charge in [0.1, 0.15) is 11.9 Å². The minimum atomic E-state index is -0.686. The fourth-order valence-corrected chi connectivity index (χ4v) is 6.10. The van der Waals surface area contributed by atoms with Gasteiger partial charge in [-0.15, -0.1) is 0 Å². The summed E-state index contributed by atoms with van der Waals surface area (Å²) < 4.78 is 6.16. The van der Waals surface area contributed by atoms with Crippen LogP contribution in [0, 0.1) is 5.92 Å². The monoisotopic (exact) mass is 540 g/mol. The Balaban J connectivity index is 1.17. The average molecular weight is 541 g/mol. The molecule has 6 nitrogen and oxygen atoms in total. The number of benzene rings is 3. The first kappa shape index (κ1) is 27.8. The second-order valence-corrected chi connectivity index (χ2v) is 11.3. The molecule has 3 aromatic carbocycles. The van der Waals surface area contributed by atoms with Gasteiger partial charge < -0.3 is 15.2 Å². The summed E-state index contributed by atoms with van der Waals surface area (Å²) in [5.74, 6) is 0.857. The number of anilines is 1. The number of rotatable bonds is 9. The maximum atomic E-state index is 13.1. The number of urea groups is 1. The molecule has 210 valence electrons. The molecule has 6 heteroatoms. The highest BCUT2D eigenvalue weighted by molar-refractivity contribution is 5.94. The average Bonchev–Trinajstić information content (AvgIpc) is 2.97. The summed E-state index contributed by atoms with van der Waals surface area (Å²) in [4.78, 5) is 25.9. The zero-order valence-corrected chi connectivity index (χ0v) is 23.4. The molecule has 0 saturated heterocycles. The minimum absolute atomic E-state index is 0.0775. The van der Waals surface area contributed by atoms with Crippen LogP contribution < -0.4 is 15.0 Å². The molecule has 0 bridgehead atoms. The van der Waals surface area contributed by atoms with E-state index in [1.807, 2.05) is 25.1 Å². The van der Waals surface area contributed by atoms with Crippen LogP contribution in [0.5, 0.6) is 5.75 Å². The Morgan fingerprint density at radius 2 is 1.65 bits per heavy atom. The lowest BCUT2D eigenvalue weighted by molar-refractivity contribution is -0.138. The number of carbonyl (C=O) groups is 2. The number of carboxylic acid groups (broad SMARTS) is 1. The predicted molar refractivity (Wildman–Crippen MR) is 159 cm³/mol. The van der Waals surface area contributed by atoms with Crippen molar-refractivity contribution in [3.8, 4) is 16.9 Å². The second-order valence-electron chi connectivity index (χ2n) is 11.3. The van der Waals surface area contributed by atoms with Crippen molar-refractivity contribution in [2.24, 2.45) is 5.92 Å². The predicted octanol–water partition coefficient (Wildman–Crippen LogP) is 7.42. The van der Waals surface area contributed by atoms with Gasteiger partial charge in [0.15, 0.2) is 0 Å². The molecule has 2 aliphatic rings. The quantitative estimate of drug-likeness (QED) is 0.277. The van der Waals surface area contributed by atoms with E-state index in [0.29, 0.717) is 31.3 Å². The van der Waals surface area contributed by atoms with Gasteiger partial charge in [-0.25, -0.2) is 4.79 Å². The van der Waals surface area contributed by atoms with Crippen molar-refractivity contribution >= 4 is 17.7 Å². The molecule has 2 N–H and O–H groups in total. The zero-order chi connectivity index (χ0) is 27.9. The Morgan fingerprint density at radius 3 is 2.38 bits per heavy atom. The molecular formula is C34H40N2O4. The van der Waals surface area contributed by atoms with Gasteiger partial charge in [-0.2, -0.15) is 0 Å². The van der Waals surface area contributed by atoms with Crippen LogP contribution in [0.1, 0.15) is 68.9 Å². The number of carboxylic acids is 1. The van der Waals surface area contributed by atoms with Crippen molar-refractivity contribution in [1.29, 1.82) is 0 Å². The molecule has 1 aliphatic carbocycles. The summed E-state index contributed by atoms with van der Waals surface area (Å²) in [6.07, 6.45) is 7.25. The Labute approximate surface area is 237 Å². The van der Waals surface area contributed by atoms with Crippen LogP contribution in [0.4, 0.5) is 10.5 Å². The zero-order valence-electron chi connectivity index (χ0n) is 23.4. The Morgan fingerprint density at radius 1 is 0.925 bits per heavy atom. The number of ether oxygens (including phenoxy) is 1. The summed E-state index contributed by atoms with van der Waals surface area (Å²) in [5.41, 5.74) is 5.63. The van der Waals surface area contributed by atoms with Crippen molar-refractivity contribution in [2.45, 2.75) is 70.3 Å². The summed E-state index contributed by atoms with van der Waals surface area (Å²) >= 11 is 0. The van der Waals surface area contributed by atoms with Gasteiger partial charge in [0, 0.05) is 13.0 Å². The molecule has 5 rings (SSSR count). The number of hydrogen-bond donors (Lipinski definition) is 2. The van der Waals surface area contributed by atoms with Gasteiger partial charge in [0.25, 0.3) is 0 Å². The number of amides is 2. The third-order valence-electron chi connectivity index (χ3n) is 8.30. The van der Waals surface area contributed by atoms with Crippen molar-refractivity contribution in [3.05, 3.63) is 83.9 Å². The van der Waals surface area contributed by atoms with Crippen LogP contribution in [-0.2, 0) is 11.2 Å². The van der Waals surface area contributed by atoms with Crippen LogP contribution in [0.3, 0.4) is 0 Å². The lowest BCUT2D eigenvalue weighted by Crippen LogP contribution is -2.47. The summed E-state index contributed by atoms with van der Waals surface area (Å²) in [7, 11) is 0. The van der Waals surface area contributed by atoms with E-state index >= 15 is 0 Å². The van der Waals surface area contributed by atoms with Crippen molar-refractivity contribution in [1.82, 2.24) is 5.32 Å². The highest BCUT2D eigenvalue weighted by atomic mass is 16.5. The maximum absolute atomic E-state index is 13.1. The highest BCUT2D eigenvalue weighted by Crippen LogP contribution is 2.39. The summed E-state index contributed by atoms with van der Waals surface area (Å²) in [6, 6.07) is 25.2. The van der Waals surface area contributed by atoms with Gasteiger partial charge in [-0.3, -0.25) is 9.69 Å². The van der Waals surface area contributed by atoms with Gasteiger partial charge in [0.05, 0.1) is 12.2 Å². The van der Waals surface area contributed by atoms with Crippen LogP contribution in [0.25, 0.3) is 11.1 Å². The Kier molecular flexibility index (Phi) is 9.04. The van der Waals surface area contributed by atoms with E-state index in [4.69, 9.17) is 9.84 Å². The number of aliphatic carboxylic acids is 1. The largest absolute Gasteiger partial charge is 0.487 e. The standard InChI is InChI=1S/C34H40N2O4/c1-24-23-36(34(39)35-20-6-5-9-25-7-3-2-4-8-25)31-19-18-30(22-32(31)40-24)29-16-14-28(15-17-29)27-12-10-26(11-13-27)21-33(37)38/h2-4,7-8,14-19,22,24,26-27H,5-6,9-13,20-21,23H2,1H3,(H,35,39)(H,37,38). The number of nitrogens with zero attached hydrogens (tertiary/aromatic N) is 1. The number of nitrogens with one attached hydrogen (secondary N) is 1. The fraction of sp³-hybridized carbons (Fsp3) is 0.412. The third-order valence-corrected chi connectivity index (χ3v) is 8.30. The van der Waals surface area contributed by atoms with Gasteiger partial charge in [0.2, 0.25) is 0 Å². The lowest BCUT2D eigenvalue weighted by Gasteiger charge is -2.33. The third kappa shape index (κ3) is 7.04. The number of aryl methyl sites for hydroxylation is 1. The normalized spacial score (nSPS) is 20.3. The number of fused-ring (bicyclic) bond motifs is 1. The van der Waals surface area contributed by atoms with Crippen LogP contribution in [0.15, 0.2) is 72.8 Å². The number of hydrogen-bond acceptors (Lipinski definition) is 3. The van der Waals surface area contributed by atoms with Crippen LogP contribution in [0.2, 0.25) is 0 Å². The maximum Gasteiger partial charge on any atom is 0.322 e. The molecule has 1 heterocycles. The second kappa shape index (κ2) is 13.0. The number of unbranched alkanes of at least 4 members (excludes halogenated alkanes) is 1. The van der Waals surface area contributed by atoms with Crippen LogP contribution >= 0.6 is 0 Å². The first-order chi connectivity index (χ1) is 19.5. The molecular weight excluding hydrogens is 500 g/mol. The van der Waals surface area contributed by atoms with Crippen molar-refractivity contribution < 1.29 is 19.4 Å². The van der Waals surface area contributed by atoms with Crippen molar-refractivity contribution in [2.75, 3.05) is 18.0 Å². The molecule has 0 aromatic heterocycles. The van der Waals surface area contributed by atoms with E-state index in [9.17, 15) is 9.59 Å². The topological polar surface area (TPSA) is 78.9 Å². The number of carbonyl (C=O) groups excluding carboxylic acids is 1. The van der Waals surface area contributed by atoms with Crippen molar-refractivity contribution in [3.63, 3.8) is 0 Å². The molecule has 1 aliphatic heterocycles. The minimum Gasteiger partial charge on any atom is -0.487 e. The van der Waals surface area contributed by atoms with E-state index in [0.717, 1.165) is 67.5 Å². The molecule has 2 amide bonds. The molecule has 3 aromatic rings. The van der Waals surface area contributed by atoms with E-state index in [2.05, 4.69) is 59.9 Å². The Bertz CT molecular complexity index is 1280. The first-order valence-electron chi connectivity index (χ1n) is 14.7. The smallest absolute Gasteiger partial charge is 0.322 e. The van der Waals surface area contributed by atoms with E-state index in [1.165, 1.54) is 11.1 Å². The van der Waals surface area contributed by atoms with Gasteiger partial charge >= 0.3 is 12.0 Å². The summed E-state index contributed by atoms with van der Waals surface area (Å²) in [6.45, 7) is 3.17. The molecule has 1 fully saturated rings. The van der Waals surface area contributed by atoms with E-state index in [-0.39, 0.29) is 12.1 Å². The van der Waals surface area contributed by atoms with Gasteiger partial charge in [-0.1, -0.05) is 60.7 Å². The van der Waals surface area contributed by atoms with Gasteiger partial charge in [-0.05, 0) is 98.1 Å². The lowest BCUT2D eigenvalue weighted by atomic mass is 9.77. The molecule has 1 atom stereocenters. The molecule has 0 spiro atoms. The van der Waals surface area contributed by atoms with E-state index in [1.54, 1.807) is 4.90 Å². The molecule has 40 heavy (non-hydrogen) atoms. The Hall–Kier alpha value is -3.80. The highest BCUT2D eigenvalue weighted by Gasteiger charge is 2.28. The van der Waals surface area contributed by atoms with Crippen LogP contribution in [-0.4, -0.2) is 36.3 Å². The first-order valence-corrected chi connectivity index (χ1v) is 14.7. The molecule has 0 radical (unpaired) electrons. The SMILES string of the molecule is CC1CN(C(=O)NCCCCc2ccccc2)c2ccc(-c3ccc(C4CCC(CC(=O)O)CC4)cc3)cc2O1. The van der Waals surface area contributed by atoms with E-state index < -0.39 is 5.97 Å². The fourth-order valence-electron chi connectivity index (χ4n) is 6.10. The molecule has 1 unspecified atom stereocenters. The molecule has 1 saturated carbocycles.